The Labute approximate surface area is 149 Å². The van der Waals surface area contributed by atoms with E-state index in [1.165, 1.54) is 5.56 Å². The maximum Gasteiger partial charge on any atom is 0.410 e. The van der Waals surface area contributed by atoms with Gasteiger partial charge in [-0.25, -0.2) is 4.79 Å². The van der Waals surface area contributed by atoms with Gasteiger partial charge in [-0.05, 0) is 57.9 Å². The lowest BCUT2D eigenvalue weighted by molar-refractivity contribution is -0.126. The highest BCUT2D eigenvalue weighted by molar-refractivity contribution is 5.86. The van der Waals surface area contributed by atoms with Crippen molar-refractivity contribution >= 4 is 12.0 Å². The molecule has 1 aromatic carbocycles. The molecule has 0 radical (unpaired) electrons. The zero-order chi connectivity index (χ0) is 18.0. The normalized spacial score (nSPS) is 26.0. The minimum Gasteiger partial charge on any atom is -0.444 e. The smallest absolute Gasteiger partial charge is 0.410 e. The quantitative estimate of drug-likeness (QED) is 0.914. The van der Waals surface area contributed by atoms with E-state index in [2.05, 4.69) is 29.6 Å². The summed E-state index contributed by atoms with van der Waals surface area (Å²) in [5, 5.41) is 3.12. The molecule has 0 aromatic heterocycles. The fourth-order valence-electron chi connectivity index (χ4n) is 3.61. The topological polar surface area (TPSA) is 58.6 Å². The Morgan fingerprint density at radius 3 is 2.48 bits per heavy atom. The Kier molecular flexibility index (Phi) is 5.02. The van der Waals surface area contributed by atoms with Crippen molar-refractivity contribution in [2.45, 2.75) is 70.1 Å². The van der Waals surface area contributed by atoms with Crippen LogP contribution in [-0.2, 0) is 9.53 Å². The first-order chi connectivity index (χ1) is 11.8. The molecule has 1 aromatic rings. The second kappa shape index (κ2) is 7.06. The van der Waals surface area contributed by atoms with E-state index in [4.69, 9.17) is 4.74 Å². The molecule has 1 aliphatic heterocycles. The van der Waals surface area contributed by atoms with Crippen molar-refractivity contribution in [2.24, 2.45) is 0 Å². The van der Waals surface area contributed by atoms with Crippen LogP contribution in [0.5, 0.6) is 0 Å². The molecule has 0 bridgehead atoms. The summed E-state index contributed by atoms with van der Waals surface area (Å²) in [7, 11) is 0. The van der Waals surface area contributed by atoms with Gasteiger partial charge >= 0.3 is 6.09 Å². The van der Waals surface area contributed by atoms with Crippen molar-refractivity contribution < 1.29 is 14.3 Å². The van der Waals surface area contributed by atoms with Crippen LogP contribution in [0.2, 0.25) is 0 Å². The van der Waals surface area contributed by atoms with Crippen LogP contribution in [0.1, 0.15) is 57.9 Å². The highest BCUT2D eigenvalue weighted by atomic mass is 16.6. The van der Waals surface area contributed by atoms with E-state index in [1.807, 2.05) is 26.8 Å². The second-order valence-corrected chi connectivity index (χ2v) is 8.12. The summed E-state index contributed by atoms with van der Waals surface area (Å²) in [6.45, 7) is 6.11. The lowest BCUT2D eigenvalue weighted by atomic mass is 9.76. The van der Waals surface area contributed by atoms with Crippen LogP contribution in [0.25, 0.3) is 0 Å². The van der Waals surface area contributed by atoms with E-state index in [-0.39, 0.29) is 18.0 Å². The molecule has 1 unspecified atom stereocenters. The second-order valence-electron chi connectivity index (χ2n) is 8.12. The van der Waals surface area contributed by atoms with E-state index in [1.54, 1.807) is 4.90 Å². The Hall–Kier alpha value is -2.04. The van der Waals surface area contributed by atoms with Crippen LogP contribution < -0.4 is 5.32 Å². The van der Waals surface area contributed by atoms with E-state index in [0.717, 1.165) is 19.3 Å². The molecule has 1 saturated carbocycles. The number of likely N-dealkylation sites (tertiary alicyclic amines) is 1. The lowest BCUT2D eigenvalue weighted by Gasteiger charge is -2.37. The van der Waals surface area contributed by atoms with Gasteiger partial charge in [-0.15, -0.1) is 0 Å². The molecule has 1 atom stereocenters. The number of ether oxygens (including phenoxy) is 1. The standard InChI is InChI=1S/C20H28N2O3/c1-20(2,3)25-19(24)22-11-7-10-17(22)18(23)21-16-12-15(13-16)14-8-5-4-6-9-14/h4-6,8-9,15-17H,7,10-13H2,1-3H3,(H,21,23). The van der Waals surface area contributed by atoms with Gasteiger partial charge in [-0.1, -0.05) is 30.3 Å². The molecule has 1 saturated heterocycles. The van der Waals surface area contributed by atoms with Crippen LogP contribution in [0, 0.1) is 0 Å². The summed E-state index contributed by atoms with van der Waals surface area (Å²) in [6.07, 6.45) is 3.10. The minimum atomic E-state index is -0.544. The van der Waals surface area contributed by atoms with Crippen molar-refractivity contribution in [3.63, 3.8) is 0 Å². The number of nitrogens with zero attached hydrogens (tertiary/aromatic N) is 1. The number of rotatable bonds is 3. The molecule has 2 amide bonds. The fourth-order valence-corrected chi connectivity index (χ4v) is 3.61. The summed E-state index contributed by atoms with van der Waals surface area (Å²) in [5.74, 6) is 0.483. The Bertz CT molecular complexity index is 618. The monoisotopic (exact) mass is 344 g/mol. The molecule has 5 heteroatoms. The lowest BCUT2D eigenvalue weighted by Crippen LogP contribution is -2.52. The number of carbonyl (C=O) groups excluding carboxylic acids is 2. The molecule has 5 nitrogen and oxygen atoms in total. The molecule has 3 rings (SSSR count). The van der Waals surface area contributed by atoms with E-state index >= 15 is 0 Å². The van der Waals surface area contributed by atoms with Gasteiger partial charge in [-0.2, -0.15) is 0 Å². The van der Waals surface area contributed by atoms with Gasteiger partial charge in [0.25, 0.3) is 0 Å². The summed E-state index contributed by atoms with van der Waals surface area (Å²) in [4.78, 5) is 26.5. The molecule has 2 aliphatic rings. The van der Waals surface area contributed by atoms with Gasteiger partial charge in [0, 0.05) is 12.6 Å². The van der Waals surface area contributed by atoms with Crippen molar-refractivity contribution in [1.29, 1.82) is 0 Å². The number of hydrogen-bond donors (Lipinski definition) is 1. The maximum atomic E-state index is 12.6. The Morgan fingerprint density at radius 1 is 1.16 bits per heavy atom. The van der Waals surface area contributed by atoms with Crippen LogP contribution >= 0.6 is 0 Å². The number of amides is 2. The third kappa shape index (κ3) is 4.33. The average molecular weight is 344 g/mol. The predicted molar refractivity (Wildman–Crippen MR) is 96.3 cm³/mol. The summed E-state index contributed by atoms with van der Waals surface area (Å²) < 4.78 is 5.43. The molecular weight excluding hydrogens is 316 g/mol. The van der Waals surface area contributed by atoms with Gasteiger partial charge in [-0.3, -0.25) is 9.69 Å². The SMILES string of the molecule is CC(C)(C)OC(=O)N1CCCC1C(=O)NC1CC(c2ccccc2)C1. The first-order valence-electron chi connectivity index (χ1n) is 9.18. The van der Waals surface area contributed by atoms with Crippen molar-refractivity contribution in [3.8, 4) is 0 Å². The van der Waals surface area contributed by atoms with Gasteiger partial charge < -0.3 is 10.1 Å². The van der Waals surface area contributed by atoms with Crippen molar-refractivity contribution in [1.82, 2.24) is 10.2 Å². The fraction of sp³-hybridized carbons (Fsp3) is 0.600. The van der Waals surface area contributed by atoms with Gasteiger partial charge in [0.2, 0.25) is 5.91 Å². The van der Waals surface area contributed by atoms with Crippen LogP contribution in [0.4, 0.5) is 4.79 Å². The average Bonchev–Trinajstić information content (AvgIpc) is 2.99. The van der Waals surface area contributed by atoms with Crippen molar-refractivity contribution in [2.75, 3.05) is 6.54 Å². The Balaban J connectivity index is 1.51. The number of hydrogen-bond acceptors (Lipinski definition) is 3. The van der Waals surface area contributed by atoms with Gasteiger partial charge in [0.1, 0.15) is 11.6 Å². The summed E-state index contributed by atoms with van der Waals surface area (Å²) >= 11 is 0. The highest BCUT2D eigenvalue weighted by Crippen LogP contribution is 2.37. The van der Waals surface area contributed by atoms with E-state index in [9.17, 15) is 9.59 Å². The molecule has 1 heterocycles. The zero-order valence-corrected chi connectivity index (χ0v) is 15.3. The van der Waals surface area contributed by atoms with E-state index < -0.39 is 11.6 Å². The first-order valence-corrected chi connectivity index (χ1v) is 9.18. The van der Waals surface area contributed by atoms with Gasteiger partial charge in [0.05, 0.1) is 0 Å². The first kappa shape index (κ1) is 17.8. The summed E-state index contributed by atoms with van der Waals surface area (Å²) in [5.41, 5.74) is 0.793. The number of carbonyl (C=O) groups is 2. The minimum absolute atomic E-state index is 0.0418. The molecule has 2 fully saturated rings. The molecular formula is C20H28N2O3. The van der Waals surface area contributed by atoms with Crippen LogP contribution in [0.3, 0.4) is 0 Å². The zero-order valence-electron chi connectivity index (χ0n) is 15.3. The molecule has 0 spiro atoms. The van der Waals surface area contributed by atoms with Gasteiger partial charge in [0.15, 0.2) is 0 Å². The Morgan fingerprint density at radius 2 is 1.84 bits per heavy atom. The molecule has 25 heavy (non-hydrogen) atoms. The molecule has 136 valence electrons. The number of nitrogens with one attached hydrogen (secondary N) is 1. The summed E-state index contributed by atoms with van der Waals surface area (Å²) in [6, 6.07) is 10.2. The largest absolute Gasteiger partial charge is 0.444 e. The van der Waals surface area contributed by atoms with E-state index in [0.29, 0.717) is 18.9 Å². The van der Waals surface area contributed by atoms with Crippen LogP contribution in [0.15, 0.2) is 30.3 Å². The predicted octanol–water partition coefficient (Wildman–Crippen LogP) is 3.45. The number of benzene rings is 1. The highest BCUT2D eigenvalue weighted by Gasteiger charge is 2.39. The van der Waals surface area contributed by atoms with Crippen LogP contribution in [-0.4, -0.2) is 41.1 Å². The third-order valence-electron chi connectivity index (χ3n) is 4.94. The van der Waals surface area contributed by atoms with Crippen molar-refractivity contribution in [3.05, 3.63) is 35.9 Å². The molecule has 1 aliphatic carbocycles. The maximum absolute atomic E-state index is 12.6. The molecule has 1 N–H and O–H groups in total. The third-order valence-corrected chi connectivity index (χ3v) is 4.94.